The lowest BCUT2D eigenvalue weighted by molar-refractivity contribution is 0.0956. The van der Waals surface area contributed by atoms with Gasteiger partial charge in [-0.15, -0.1) is 5.10 Å². The maximum absolute atomic E-state index is 11.4. The van der Waals surface area contributed by atoms with Crippen LogP contribution in [0.1, 0.15) is 29.9 Å². The van der Waals surface area contributed by atoms with Gasteiger partial charge in [-0.2, -0.15) is 5.10 Å². The van der Waals surface area contributed by atoms with E-state index in [1.807, 2.05) is 6.07 Å². The van der Waals surface area contributed by atoms with Gasteiger partial charge in [0, 0.05) is 13.2 Å². The molecule has 0 aliphatic carbocycles. The van der Waals surface area contributed by atoms with Gasteiger partial charge in [0.25, 0.3) is 5.91 Å². The van der Waals surface area contributed by atoms with Gasteiger partial charge < -0.3 is 5.32 Å². The van der Waals surface area contributed by atoms with Gasteiger partial charge in [0.2, 0.25) is 0 Å². The van der Waals surface area contributed by atoms with E-state index in [0.29, 0.717) is 11.6 Å². The van der Waals surface area contributed by atoms with E-state index in [4.69, 9.17) is 0 Å². The summed E-state index contributed by atoms with van der Waals surface area (Å²) in [6, 6.07) is 1.84. The van der Waals surface area contributed by atoms with Crippen LogP contribution < -0.4 is 5.32 Å². The Hall–Kier alpha value is -1.45. The number of aromatic nitrogens is 2. The number of amides is 1. The Morgan fingerprint density at radius 1 is 1.57 bits per heavy atom. The second kappa shape index (κ2) is 4.69. The second-order valence-electron chi connectivity index (χ2n) is 3.58. The molecule has 4 heteroatoms. The number of hydrogen-bond donors (Lipinski definition) is 1. The normalized spacial score (nSPS) is 10.3. The molecule has 76 valence electrons. The van der Waals surface area contributed by atoms with Crippen molar-refractivity contribution in [2.24, 2.45) is 5.92 Å². The highest BCUT2D eigenvalue weighted by Crippen LogP contribution is 2.10. The molecule has 0 unspecified atom stereocenters. The van der Waals surface area contributed by atoms with Crippen molar-refractivity contribution in [2.75, 3.05) is 7.05 Å². The monoisotopic (exact) mass is 193 g/mol. The summed E-state index contributed by atoms with van der Waals surface area (Å²) < 4.78 is 0. The number of nitrogens with zero attached hydrogens (tertiary/aromatic N) is 2. The van der Waals surface area contributed by atoms with E-state index in [0.717, 1.165) is 12.0 Å². The van der Waals surface area contributed by atoms with Crippen molar-refractivity contribution >= 4 is 5.91 Å². The molecule has 1 N–H and O–H groups in total. The molecule has 1 heterocycles. The fourth-order valence-electron chi connectivity index (χ4n) is 1.27. The summed E-state index contributed by atoms with van der Waals surface area (Å²) in [4.78, 5) is 11.4. The Balaban J connectivity index is 2.97. The molecular formula is C10H15N3O. The summed E-state index contributed by atoms with van der Waals surface area (Å²) in [5, 5.41) is 10.1. The first-order chi connectivity index (χ1) is 6.65. The third kappa shape index (κ3) is 2.52. The average Bonchev–Trinajstić information content (AvgIpc) is 2.16. The Bertz CT molecular complexity index is 323. The van der Waals surface area contributed by atoms with Crippen molar-refractivity contribution in [3.05, 3.63) is 23.5 Å². The molecule has 1 aromatic rings. The molecule has 0 saturated heterocycles. The summed E-state index contributed by atoms with van der Waals surface area (Å²) in [5.41, 5.74) is 1.39. The Kier molecular flexibility index (Phi) is 3.56. The van der Waals surface area contributed by atoms with Crippen molar-refractivity contribution in [3.8, 4) is 0 Å². The molecule has 0 fully saturated rings. The van der Waals surface area contributed by atoms with E-state index in [9.17, 15) is 4.79 Å². The molecular weight excluding hydrogens is 178 g/mol. The lowest BCUT2D eigenvalue weighted by Crippen LogP contribution is -2.22. The highest BCUT2D eigenvalue weighted by atomic mass is 16.1. The summed E-state index contributed by atoms with van der Waals surface area (Å²) in [6.45, 7) is 4.21. The van der Waals surface area contributed by atoms with Crippen LogP contribution in [0.2, 0.25) is 0 Å². The van der Waals surface area contributed by atoms with Crippen LogP contribution in [0.3, 0.4) is 0 Å². The molecule has 4 nitrogen and oxygen atoms in total. The van der Waals surface area contributed by atoms with E-state index < -0.39 is 0 Å². The van der Waals surface area contributed by atoms with Crippen LogP contribution in [0.15, 0.2) is 12.3 Å². The minimum Gasteiger partial charge on any atom is -0.354 e. The standard InChI is InChI=1S/C10H15N3O/c1-7(2)6-8-4-5-12-13-9(8)10(14)11-3/h4-5,7H,6H2,1-3H3,(H,11,14). The van der Waals surface area contributed by atoms with Gasteiger partial charge in [-0.3, -0.25) is 4.79 Å². The maximum atomic E-state index is 11.4. The second-order valence-corrected chi connectivity index (χ2v) is 3.58. The summed E-state index contributed by atoms with van der Waals surface area (Å²) >= 11 is 0. The fraction of sp³-hybridized carbons (Fsp3) is 0.500. The molecule has 0 radical (unpaired) electrons. The highest BCUT2D eigenvalue weighted by molar-refractivity contribution is 5.93. The topological polar surface area (TPSA) is 54.9 Å². The summed E-state index contributed by atoms with van der Waals surface area (Å²) in [7, 11) is 1.59. The maximum Gasteiger partial charge on any atom is 0.271 e. The third-order valence-electron chi connectivity index (χ3n) is 1.87. The minimum atomic E-state index is -0.172. The zero-order chi connectivity index (χ0) is 10.6. The number of carbonyl (C=O) groups excluding carboxylic acids is 1. The zero-order valence-corrected chi connectivity index (χ0v) is 8.74. The third-order valence-corrected chi connectivity index (χ3v) is 1.87. The van der Waals surface area contributed by atoms with Gasteiger partial charge in [-0.25, -0.2) is 0 Å². The quantitative estimate of drug-likeness (QED) is 0.780. The minimum absolute atomic E-state index is 0.172. The van der Waals surface area contributed by atoms with Gasteiger partial charge >= 0.3 is 0 Å². The predicted molar refractivity (Wildman–Crippen MR) is 54.0 cm³/mol. The number of rotatable bonds is 3. The number of hydrogen-bond acceptors (Lipinski definition) is 3. The summed E-state index contributed by atoms with van der Waals surface area (Å²) in [5.74, 6) is 0.330. The smallest absolute Gasteiger partial charge is 0.271 e. The molecule has 0 saturated carbocycles. The molecule has 0 aliphatic heterocycles. The lowest BCUT2D eigenvalue weighted by Gasteiger charge is -2.07. The van der Waals surface area contributed by atoms with Crippen molar-refractivity contribution in [1.82, 2.24) is 15.5 Å². The average molecular weight is 193 g/mol. The first-order valence-corrected chi connectivity index (χ1v) is 4.67. The Labute approximate surface area is 83.7 Å². The fourth-order valence-corrected chi connectivity index (χ4v) is 1.27. The van der Waals surface area contributed by atoms with E-state index in [1.54, 1.807) is 13.2 Å². The van der Waals surface area contributed by atoms with Crippen molar-refractivity contribution in [1.29, 1.82) is 0 Å². The van der Waals surface area contributed by atoms with Gasteiger partial charge in [0.05, 0.1) is 0 Å². The highest BCUT2D eigenvalue weighted by Gasteiger charge is 2.12. The van der Waals surface area contributed by atoms with E-state index >= 15 is 0 Å². The van der Waals surface area contributed by atoms with Crippen molar-refractivity contribution in [3.63, 3.8) is 0 Å². The molecule has 1 amide bonds. The molecule has 0 bridgehead atoms. The van der Waals surface area contributed by atoms with Crippen LogP contribution in [0.5, 0.6) is 0 Å². The van der Waals surface area contributed by atoms with Crippen LogP contribution in [0.25, 0.3) is 0 Å². The van der Waals surface area contributed by atoms with Gasteiger partial charge in [-0.05, 0) is 24.0 Å². The van der Waals surface area contributed by atoms with Crippen LogP contribution in [0.4, 0.5) is 0 Å². The van der Waals surface area contributed by atoms with E-state index in [-0.39, 0.29) is 5.91 Å². The SMILES string of the molecule is CNC(=O)c1nnccc1CC(C)C. The first kappa shape index (κ1) is 10.6. The first-order valence-electron chi connectivity index (χ1n) is 4.67. The van der Waals surface area contributed by atoms with Crippen molar-refractivity contribution in [2.45, 2.75) is 20.3 Å². The van der Waals surface area contributed by atoms with Crippen LogP contribution in [-0.2, 0) is 6.42 Å². The Morgan fingerprint density at radius 3 is 2.86 bits per heavy atom. The molecule has 0 spiro atoms. The molecule has 0 aromatic carbocycles. The van der Waals surface area contributed by atoms with Gasteiger partial charge in [0.1, 0.15) is 0 Å². The largest absolute Gasteiger partial charge is 0.354 e. The predicted octanol–water partition coefficient (Wildman–Crippen LogP) is 1.03. The van der Waals surface area contributed by atoms with Gasteiger partial charge in [-0.1, -0.05) is 13.8 Å². The molecule has 0 aliphatic rings. The molecule has 14 heavy (non-hydrogen) atoms. The number of nitrogens with one attached hydrogen (secondary N) is 1. The van der Waals surface area contributed by atoms with E-state index in [2.05, 4.69) is 29.4 Å². The molecule has 0 atom stereocenters. The summed E-state index contributed by atoms with van der Waals surface area (Å²) in [6.07, 6.45) is 2.46. The lowest BCUT2D eigenvalue weighted by atomic mass is 10.0. The van der Waals surface area contributed by atoms with Crippen molar-refractivity contribution < 1.29 is 4.79 Å². The number of carbonyl (C=O) groups is 1. The van der Waals surface area contributed by atoms with E-state index in [1.165, 1.54) is 0 Å². The van der Waals surface area contributed by atoms with Crippen LogP contribution in [0, 0.1) is 5.92 Å². The zero-order valence-electron chi connectivity index (χ0n) is 8.74. The Morgan fingerprint density at radius 2 is 2.29 bits per heavy atom. The van der Waals surface area contributed by atoms with Gasteiger partial charge in [0.15, 0.2) is 5.69 Å². The molecule has 1 rings (SSSR count). The molecule has 1 aromatic heterocycles. The van der Waals surface area contributed by atoms with Crippen LogP contribution >= 0.6 is 0 Å². The van der Waals surface area contributed by atoms with Crippen LogP contribution in [-0.4, -0.2) is 23.2 Å².